The monoisotopic (exact) mass is 283 g/mol. The van der Waals surface area contributed by atoms with Gasteiger partial charge < -0.3 is 14.7 Å². The molecule has 3 aromatic heterocycles. The van der Waals surface area contributed by atoms with Crippen LogP contribution in [0, 0.1) is 6.92 Å². The van der Waals surface area contributed by atoms with Gasteiger partial charge in [-0.15, -0.1) is 0 Å². The molecule has 0 saturated heterocycles. The van der Waals surface area contributed by atoms with Gasteiger partial charge in [0.05, 0.1) is 11.3 Å². The van der Waals surface area contributed by atoms with Crippen LogP contribution in [0.15, 0.2) is 29.3 Å². The molecule has 0 spiro atoms. The molecule has 21 heavy (non-hydrogen) atoms. The number of nitrogens with one attached hydrogen (secondary N) is 1. The van der Waals surface area contributed by atoms with Gasteiger partial charge in [-0.3, -0.25) is 4.79 Å². The van der Waals surface area contributed by atoms with Gasteiger partial charge in [-0.2, -0.15) is 0 Å². The summed E-state index contributed by atoms with van der Waals surface area (Å²) in [4.78, 5) is 19.2. The highest BCUT2D eigenvalue weighted by atomic mass is 16.3. The van der Waals surface area contributed by atoms with Gasteiger partial charge >= 0.3 is 0 Å². The lowest BCUT2D eigenvalue weighted by Gasteiger charge is -2.11. The Morgan fingerprint density at radius 3 is 2.90 bits per heavy atom. The topological polar surface area (TPSA) is 70.9 Å². The van der Waals surface area contributed by atoms with Crippen LogP contribution in [0.3, 0.4) is 0 Å². The minimum atomic E-state index is -0.271. The number of nitrogens with zero attached hydrogens (tertiary/aromatic N) is 2. The van der Waals surface area contributed by atoms with Crippen LogP contribution in [0.2, 0.25) is 0 Å². The maximum Gasteiger partial charge on any atom is 0.255 e. The fourth-order valence-corrected chi connectivity index (χ4v) is 2.62. The third-order valence-corrected chi connectivity index (χ3v) is 3.87. The van der Waals surface area contributed by atoms with E-state index < -0.39 is 0 Å². The van der Waals surface area contributed by atoms with Gasteiger partial charge in [0.25, 0.3) is 5.56 Å². The third-order valence-electron chi connectivity index (χ3n) is 3.87. The van der Waals surface area contributed by atoms with E-state index in [-0.39, 0.29) is 11.3 Å². The van der Waals surface area contributed by atoms with Gasteiger partial charge in [0.2, 0.25) is 0 Å². The third kappa shape index (κ3) is 2.01. The number of rotatable bonds is 2. The Kier molecular flexibility index (Phi) is 3.05. The zero-order chi connectivity index (χ0) is 15.1. The Bertz CT molecular complexity index is 890. The van der Waals surface area contributed by atoms with Gasteiger partial charge in [-0.05, 0) is 25.5 Å². The van der Waals surface area contributed by atoms with E-state index in [9.17, 15) is 9.90 Å². The van der Waals surface area contributed by atoms with Crippen LogP contribution in [0.25, 0.3) is 22.3 Å². The lowest BCUT2D eigenvalue weighted by Crippen LogP contribution is -2.13. The van der Waals surface area contributed by atoms with E-state index in [2.05, 4.69) is 9.97 Å². The Balaban J connectivity index is 2.29. The second-order valence-corrected chi connectivity index (χ2v) is 5.20. The number of H-pyrrole nitrogens is 1. The van der Waals surface area contributed by atoms with E-state index in [0.29, 0.717) is 17.7 Å². The van der Waals surface area contributed by atoms with Crippen LogP contribution in [0.1, 0.15) is 18.1 Å². The standard InChI is InChI=1S/C16H17N3O2/c1-4-12-13(18-16(21)9(2)14(12)20)11-7-10-5-6-19(3)15(10)17-8-11/h5-8H,4H2,1-3H3,(H2,18,20,21). The predicted molar refractivity (Wildman–Crippen MR) is 82.6 cm³/mol. The van der Waals surface area contributed by atoms with Crippen LogP contribution in [0.4, 0.5) is 0 Å². The summed E-state index contributed by atoms with van der Waals surface area (Å²) in [6, 6.07) is 3.95. The van der Waals surface area contributed by atoms with Gasteiger partial charge in [0.1, 0.15) is 11.4 Å². The first-order valence-electron chi connectivity index (χ1n) is 6.89. The molecule has 0 atom stereocenters. The molecule has 2 N–H and O–H groups in total. The van der Waals surface area contributed by atoms with E-state index in [1.54, 1.807) is 13.1 Å². The molecule has 3 heterocycles. The van der Waals surface area contributed by atoms with E-state index in [0.717, 1.165) is 22.2 Å². The fourth-order valence-electron chi connectivity index (χ4n) is 2.62. The molecule has 0 fully saturated rings. The normalized spacial score (nSPS) is 11.2. The number of hydrogen-bond donors (Lipinski definition) is 2. The smallest absolute Gasteiger partial charge is 0.255 e. The molecule has 0 saturated carbocycles. The summed E-state index contributed by atoms with van der Waals surface area (Å²) in [5.74, 6) is 0.0735. The number of pyridine rings is 2. The van der Waals surface area contributed by atoms with Crippen molar-refractivity contribution in [3.05, 3.63) is 46.0 Å². The van der Waals surface area contributed by atoms with E-state index in [4.69, 9.17) is 0 Å². The minimum absolute atomic E-state index is 0.0735. The highest BCUT2D eigenvalue weighted by molar-refractivity contribution is 5.82. The van der Waals surface area contributed by atoms with Crippen LogP contribution in [0.5, 0.6) is 5.75 Å². The van der Waals surface area contributed by atoms with Crippen LogP contribution in [-0.2, 0) is 13.5 Å². The molecular weight excluding hydrogens is 266 g/mol. The number of aromatic amines is 1. The molecular formula is C16H17N3O2. The molecule has 0 aliphatic carbocycles. The van der Waals surface area contributed by atoms with E-state index >= 15 is 0 Å². The van der Waals surface area contributed by atoms with Crippen molar-refractivity contribution < 1.29 is 5.11 Å². The first kappa shape index (κ1) is 13.4. The van der Waals surface area contributed by atoms with Crippen molar-refractivity contribution in [2.75, 3.05) is 0 Å². The number of aromatic nitrogens is 3. The molecule has 0 unspecified atom stereocenters. The second kappa shape index (κ2) is 4.77. The molecule has 5 heteroatoms. The maximum absolute atomic E-state index is 11.9. The highest BCUT2D eigenvalue weighted by Crippen LogP contribution is 2.30. The molecule has 3 rings (SSSR count). The van der Waals surface area contributed by atoms with Crippen molar-refractivity contribution in [1.82, 2.24) is 14.5 Å². The quantitative estimate of drug-likeness (QED) is 0.759. The van der Waals surface area contributed by atoms with Crippen molar-refractivity contribution in [3.8, 4) is 17.0 Å². The summed E-state index contributed by atoms with van der Waals surface area (Å²) in [6.45, 7) is 3.57. The predicted octanol–water partition coefficient (Wildman–Crippen LogP) is 2.51. The van der Waals surface area contributed by atoms with Crippen molar-refractivity contribution >= 4 is 11.0 Å². The Morgan fingerprint density at radius 1 is 1.43 bits per heavy atom. The van der Waals surface area contributed by atoms with Crippen molar-refractivity contribution in [1.29, 1.82) is 0 Å². The van der Waals surface area contributed by atoms with E-state index in [1.165, 1.54) is 0 Å². The molecule has 0 aliphatic rings. The highest BCUT2D eigenvalue weighted by Gasteiger charge is 2.15. The number of hydrogen-bond acceptors (Lipinski definition) is 3. The molecule has 0 amide bonds. The average Bonchev–Trinajstić information content (AvgIpc) is 2.85. The molecule has 0 radical (unpaired) electrons. The zero-order valence-corrected chi connectivity index (χ0v) is 12.3. The minimum Gasteiger partial charge on any atom is -0.507 e. The Labute approximate surface area is 121 Å². The van der Waals surface area contributed by atoms with Gasteiger partial charge in [-0.25, -0.2) is 4.98 Å². The SMILES string of the molecule is CCc1c(-c2cnc3c(ccn3C)c2)[nH]c(=O)c(C)c1O. The summed E-state index contributed by atoms with van der Waals surface area (Å²) in [5.41, 5.74) is 3.15. The van der Waals surface area contributed by atoms with Gasteiger partial charge in [0.15, 0.2) is 0 Å². The molecule has 108 valence electrons. The maximum atomic E-state index is 11.9. The van der Waals surface area contributed by atoms with Crippen LogP contribution in [-0.4, -0.2) is 19.6 Å². The van der Waals surface area contributed by atoms with Gasteiger partial charge in [0, 0.05) is 36.0 Å². The molecule has 5 nitrogen and oxygen atoms in total. The number of fused-ring (bicyclic) bond motifs is 1. The fraction of sp³-hybridized carbons (Fsp3) is 0.250. The summed E-state index contributed by atoms with van der Waals surface area (Å²) >= 11 is 0. The molecule has 0 aromatic carbocycles. The second-order valence-electron chi connectivity index (χ2n) is 5.20. The van der Waals surface area contributed by atoms with E-state index in [1.807, 2.05) is 36.9 Å². The van der Waals surface area contributed by atoms with Crippen molar-refractivity contribution in [2.45, 2.75) is 20.3 Å². The van der Waals surface area contributed by atoms with Gasteiger partial charge in [-0.1, -0.05) is 6.92 Å². The summed E-state index contributed by atoms with van der Waals surface area (Å²) in [6.07, 6.45) is 4.30. The first-order chi connectivity index (χ1) is 10.0. The first-order valence-corrected chi connectivity index (χ1v) is 6.89. The summed E-state index contributed by atoms with van der Waals surface area (Å²) in [7, 11) is 1.94. The lowest BCUT2D eigenvalue weighted by molar-refractivity contribution is 0.463. The average molecular weight is 283 g/mol. The van der Waals surface area contributed by atoms with Crippen LogP contribution >= 0.6 is 0 Å². The Morgan fingerprint density at radius 2 is 2.19 bits per heavy atom. The molecule has 0 bridgehead atoms. The summed E-state index contributed by atoms with van der Waals surface area (Å²) in [5, 5.41) is 11.2. The Hall–Kier alpha value is -2.56. The number of aryl methyl sites for hydroxylation is 1. The van der Waals surface area contributed by atoms with Crippen molar-refractivity contribution in [3.63, 3.8) is 0 Å². The largest absolute Gasteiger partial charge is 0.507 e. The molecule has 3 aromatic rings. The number of aromatic hydroxyl groups is 1. The van der Waals surface area contributed by atoms with Crippen molar-refractivity contribution in [2.24, 2.45) is 7.05 Å². The lowest BCUT2D eigenvalue weighted by atomic mass is 10.0. The zero-order valence-electron chi connectivity index (χ0n) is 12.3. The van der Waals surface area contributed by atoms with Crippen LogP contribution < -0.4 is 5.56 Å². The summed E-state index contributed by atoms with van der Waals surface area (Å²) < 4.78 is 1.94. The molecule has 0 aliphatic heterocycles.